The van der Waals surface area contributed by atoms with Gasteiger partial charge in [-0.25, -0.2) is 9.97 Å². The molecule has 1 amide bonds. The number of hydrogen-bond acceptors (Lipinski definition) is 5. The van der Waals surface area contributed by atoms with Crippen LogP contribution in [0.25, 0.3) is 0 Å². The second kappa shape index (κ2) is 5.08. The summed E-state index contributed by atoms with van der Waals surface area (Å²) in [6, 6.07) is -0.104. The van der Waals surface area contributed by atoms with Gasteiger partial charge in [-0.15, -0.1) is 11.3 Å². The average Bonchev–Trinajstić information content (AvgIpc) is 3.07. The number of nitrogens with zero attached hydrogens (tertiary/aromatic N) is 3. The number of amides is 1. The minimum atomic E-state index is -0.252. The van der Waals surface area contributed by atoms with Crippen LogP contribution in [0.3, 0.4) is 0 Å². The third-order valence-electron chi connectivity index (χ3n) is 3.21. The van der Waals surface area contributed by atoms with Crippen LogP contribution in [0.1, 0.15) is 52.0 Å². The van der Waals surface area contributed by atoms with Gasteiger partial charge in [-0.1, -0.05) is 0 Å². The fourth-order valence-corrected chi connectivity index (χ4v) is 3.35. The Kier molecular flexibility index (Phi) is 3.29. The Balaban J connectivity index is 1.71. The van der Waals surface area contributed by atoms with E-state index in [1.165, 1.54) is 29.7 Å². The van der Waals surface area contributed by atoms with Gasteiger partial charge in [0, 0.05) is 4.88 Å². The van der Waals surface area contributed by atoms with E-state index in [1.807, 2.05) is 6.92 Å². The van der Waals surface area contributed by atoms with Crippen LogP contribution < -0.4 is 5.32 Å². The molecule has 0 radical (unpaired) electrons. The highest BCUT2D eigenvalue weighted by atomic mass is 32.1. The van der Waals surface area contributed by atoms with E-state index >= 15 is 0 Å². The summed E-state index contributed by atoms with van der Waals surface area (Å²) in [4.78, 5) is 21.7. The summed E-state index contributed by atoms with van der Waals surface area (Å²) in [5.41, 5.74) is 1.21. The zero-order chi connectivity index (χ0) is 13.2. The Morgan fingerprint density at radius 2 is 2.32 bits per heavy atom. The molecule has 100 valence electrons. The number of carbonyl (C=O) groups is 1. The predicted molar refractivity (Wildman–Crippen MR) is 71.0 cm³/mol. The molecule has 0 saturated heterocycles. The van der Waals surface area contributed by atoms with E-state index < -0.39 is 0 Å². The maximum Gasteiger partial charge on any atom is 0.289 e. The molecule has 3 rings (SSSR count). The lowest BCUT2D eigenvalue weighted by molar-refractivity contribution is 0.0929. The first-order valence-corrected chi connectivity index (χ1v) is 7.20. The number of H-pyrrole nitrogens is 1. The van der Waals surface area contributed by atoms with Crippen molar-refractivity contribution in [2.24, 2.45) is 0 Å². The SMILES string of the molecule is CC(NC(=O)c1ncn[nH]1)c1nc2c(s1)CCCC2. The number of aryl methyl sites for hydroxylation is 2. The molecule has 2 N–H and O–H groups in total. The van der Waals surface area contributed by atoms with Gasteiger partial charge in [0.05, 0.1) is 11.7 Å². The van der Waals surface area contributed by atoms with Crippen molar-refractivity contribution >= 4 is 17.2 Å². The molecule has 19 heavy (non-hydrogen) atoms. The van der Waals surface area contributed by atoms with Crippen molar-refractivity contribution in [1.82, 2.24) is 25.5 Å². The van der Waals surface area contributed by atoms with Crippen LogP contribution in [0.5, 0.6) is 0 Å². The zero-order valence-electron chi connectivity index (χ0n) is 10.6. The highest BCUT2D eigenvalue weighted by Gasteiger charge is 2.20. The standard InChI is InChI=1S/C12H15N5OS/c1-7(15-11(18)10-13-6-14-17-10)12-16-8-4-2-3-5-9(8)19-12/h6-7H,2-5H2,1H3,(H,15,18)(H,13,14,17). The number of aromatic nitrogens is 4. The minimum absolute atomic E-state index is 0.104. The van der Waals surface area contributed by atoms with Crippen molar-refractivity contribution in [1.29, 1.82) is 0 Å². The molecule has 2 heterocycles. The quantitative estimate of drug-likeness (QED) is 0.893. The van der Waals surface area contributed by atoms with Gasteiger partial charge < -0.3 is 5.32 Å². The zero-order valence-corrected chi connectivity index (χ0v) is 11.5. The number of hydrogen-bond donors (Lipinski definition) is 2. The number of nitrogens with one attached hydrogen (secondary N) is 2. The van der Waals surface area contributed by atoms with E-state index in [-0.39, 0.29) is 17.8 Å². The molecule has 0 aliphatic heterocycles. The second-order valence-electron chi connectivity index (χ2n) is 4.66. The van der Waals surface area contributed by atoms with Crippen LogP contribution in [-0.2, 0) is 12.8 Å². The monoisotopic (exact) mass is 277 g/mol. The lowest BCUT2D eigenvalue weighted by Crippen LogP contribution is -2.27. The molecule has 1 unspecified atom stereocenters. The van der Waals surface area contributed by atoms with Gasteiger partial charge in [-0.3, -0.25) is 9.89 Å². The van der Waals surface area contributed by atoms with Gasteiger partial charge in [0.1, 0.15) is 11.3 Å². The Labute approximate surface area is 114 Å². The van der Waals surface area contributed by atoms with Crippen molar-refractivity contribution in [3.8, 4) is 0 Å². The summed E-state index contributed by atoms with van der Waals surface area (Å²) in [6.45, 7) is 1.94. The topological polar surface area (TPSA) is 83.6 Å². The highest BCUT2D eigenvalue weighted by Crippen LogP contribution is 2.29. The fourth-order valence-electron chi connectivity index (χ4n) is 2.20. The Morgan fingerprint density at radius 3 is 3.05 bits per heavy atom. The van der Waals surface area contributed by atoms with Gasteiger partial charge in [0.2, 0.25) is 5.82 Å². The molecule has 1 aliphatic rings. The average molecular weight is 277 g/mol. The van der Waals surface area contributed by atoms with Crippen molar-refractivity contribution in [3.05, 3.63) is 27.7 Å². The predicted octanol–water partition coefficient (Wildman–Crippen LogP) is 1.63. The van der Waals surface area contributed by atoms with Gasteiger partial charge in [-0.2, -0.15) is 5.10 Å². The molecule has 0 fully saturated rings. The van der Waals surface area contributed by atoms with Gasteiger partial charge in [0.15, 0.2) is 0 Å². The Bertz CT molecular complexity index is 553. The van der Waals surface area contributed by atoms with Crippen LogP contribution >= 0.6 is 11.3 Å². The molecule has 0 saturated carbocycles. The van der Waals surface area contributed by atoms with Crippen LogP contribution in [0, 0.1) is 0 Å². The van der Waals surface area contributed by atoms with Crippen molar-refractivity contribution in [2.75, 3.05) is 0 Å². The highest BCUT2D eigenvalue weighted by molar-refractivity contribution is 7.11. The normalized spacial score (nSPS) is 15.8. The molecular formula is C12H15N5OS. The second-order valence-corrected chi connectivity index (χ2v) is 5.77. The Morgan fingerprint density at radius 1 is 1.47 bits per heavy atom. The maximum atomic E-state index is 11.9. The first-order valence-electron chi connectivity index (χ1n) is 6.39. The molecule has 1 aliphatic carbocycles. The summed E-state index contributed by atoms with van der Waals surface area (Å²) in [7, 11) is 0. The van der Waals surface area contributed by atoms with Crippen LogP contribution in [0.15, 0.2) is 6.33 Å². The fraction of sp³-hybridized carbons (Fsp3) is 0.500. The number of aromatic amines is 1. The van der Waals surface area contributed by atoms with E-state index in [0.717, 1.165) is 17.8 Å². The van der Waals surface area contributed by atoms with E-state index in [4.69, 9.17) is 0 Å². The first-order chi connectivity index (χ1) is 9.24. The molecule has 2 aromatic rings. The van der Waals surface area contributed by atoms with Gasteiger partial charge >= 0.3 is 0 Å². The molecule has 1 atom stereocenters. The minimum Gasteiger partial charge on any atom is -0.340 e. The van der Waals surface area contributed by atoms with Crippen molar-refractivity contribution in [3.63, 3.8) is 0 Å². The Hall–Kier alpha value is -1.76. The molecule has 7 heteroatoms. The largest absolute Gasteiger partial charge is 0.340 e. The van der Waals surface area contributed by atoms with Crippen LogP contribution in [-0.4, -0.2) is 26.1 Å². The molecule has 0 bridgehead atoms. The lowest BCUT2D eigenvalue weighted by Gasteiger charge is -2.09. The third-order valence-corrected chi connectivity index (χ3v) is 4.55. The van der Waals surface area contributed by atoms with Crippen molar-refractivity contribution in [2.45, 2.75) is 38.6 Å². The molecule has 2 aromatic heterocycles. The number of rotatable bonds is 3. The number of carbonyl (C=O) groups excluding carboxylic acids is 1. The first kappa shape index (κ1) is 12.3. The van der Waals surface area contributed by atoms with E-state index in [1.54, 1.807) is 11.3 Å². The summed E-state index contributed by atoms with van der Waals surface area (Å²) in [5, 5.41) is 10.1. The molecular weight excluding hydrogens is 262 g/mol. The summed E-state index contributed by atoms with van der Waals surface area (Å²) in [6.07, 6.45) is 5.97. The van der Waals surface area contributed by atoms with Gasteiger partial charge in [0.25, 0.3) is 5.91 Å². The third kappa shape index (κ3) is 2.51. The smallest absolute Gasteiger partial charge is 0.289 e. The summed E-state index contributed by atoms with van der Waals surface area (Å²) < 4.78 is 0. The van der Waals surface area contributed by atoms with Crippen LogP contribution in [0.4, 0.5) is 0 Å². The lowest BCUT2D eigenvalue weighted by atomic mass is 10.0. The molecule has 0 aromatic carbocycles. The molecule has 0 spiro atoms. The van der Waals surface area contributed by atoms with E-state index in [0.29, 0.717) is 0 Å². The summed E-state index contributed by atoms with van der Waals surface area (Å²) >= 11 is 1.71. The molecule has 6 nitrogen and oxygen atoms in total. The number of fused-ring (bicyclic) bond motifs is 1. The summed E-state index contributed by atoms with van der Waals surface area (Å²) in [5.74, 6) is -0.0219. The van der Waals surface area contributed by atoms with Gasteiger partial charge in [-0.05, 0) is 32.6 Å². The van der Waals surface area contributed by atoms with E-state index in [9.17, 15) is 4.79 Å². The van der Waals surface area contributed by atoms with Crippen molar-refractivity contribution < 1.29 is 4.79 Å². The van der Waals surface area contributed by atoms with Crippen LogP contribution in [0.2, 0.25) is 0 Å². The van der Waals surface area contributed by atoms with E-state index in [2.05, 4.69) is 25.5 Å². The number of thiazole rings is 1. The maximum absolute atomic E-state index is 11.9.